The highest BCUT2D eigenvalue weighted by atomic mass is 32.1. The van der Waals surface area contributed by atoms with E-state index in [2.05, 4.69) is 27.3 Å². The number of carbonyl (C=O) groups excluding carboxylic acids is 1. The molecule has 3 rings (SSSR count). The van der Waals surface area contributed by atoms with E-state index < -0.39 is 0 Å². The van der Waals surface area contributed by atoms with Crippen molar-refractivity contribution in [1.82, 2.24) is 19.8 Å². The summed E-state index contributed by atoms with van der Waals surface area (Å²) in [6.45, 7) is 1.95. The van der Waals surface area contributed by atoms with E-state index in [1.54, 1.807) is 10.6 Å². The van der Waals surface area contributed by atoms with Crippen LogP contribution in [-0.4, -0.2) is 34.5 Å². The zero-order valence-corrected chi connectivity index (χ0v) is 19.0. The second-order valence-corrected chi connectivity index (χ2v) is 8.41. The first-order valence-electron chi connectivity index (χ1n) is 10.7. The molecule has 6 nitrogen and oxygen atoms in total. The maximum absolute atomic E-state index is 12.6. The van der Waals surface area contributed by atoms with Crippen LogP contribution in [0.4, 0.5) is 0 Å². The molecule has 164 valence electrons. The molecule has 0 bridgehead atoms. The Hall–Kier alpha value is -2.77. The van der Waals surface area contributed by atoms with Gasteiger partial charge in [0.15, 0.2) is 4.77 Å². The Bertz CT molecular complexity index is 1150. The fourth-order valence-electron chi connectivity index (χ4n) is 3.64. The van der Waals surface area contributed by atoms with E-state index in [9.17, 15) is 9.59 Å². The lowest BCUT2D eigenvalue weighted by Crippen LogP contribution is -2.24. The quantitative estimate of drug-likeness (QED) is 0.371. The van der Waals surface area contributed by atoms with Crippen LogP contribution in [0.25, 0.3) is 10.9 Å². The van der Waals surface area contributed by atoms with Gasteiger partial charge >= 0.3 is 0 Å². The first kappa shape index (κ1) is 22.9. The van der Waals surface area contributed by atoms with E-state index in [1.165, 1.54) is 5.56 Å². The Balaban J connectivity index is 1.44. The third kappa shape index (κ3) is 6.35. The number of para-hydroxylation sites is 1. The average molecular weight is 439 g/mol. The molecule has 1 aromatic heterocycles. The van der Waals surface area contributed by atoms with Crippen LogP contribution in [0, 0.1) is 4.77 Å². The van der Waals surface area contributed by atoms with Crippen molar-refractivity contribution in [2.45, 2.75) is 45.3 Å². The number of carbonyl (C=O) groups is 1. The summed E-state index contributed by atoms with van der Waals surface area (Å²) < 4.78 is 2.05. The van der Waals surface area contributed by atoms with Crippen molar-refractivity contribution in [3.05, 3.63) is 74.8 Å². The molecule has 1 amide bonds. The number of H-pyrrole nitrogens is 1. The lowest BCUT2D eigenvalue weighted by molar-refractivity contribution is -0.121. The van der Waals surface area contributed by atoms with E-state index in [4.69, 9.17) is 12.2 Å². The third-order valence-electron chi connectivity index (χ3n) is 5.26. The molecule has 2 aromatic carbocycles. The second-order valence-electron chi connectivity index (χ2n) is 8.03. The van der Waals surface area contributed by atoms with Crippen LogP contribution in [-0.2, 0) is 24.4 Å². The van der Waals surface area contributed by atoms with Gasteiger partial charge in [0.2, 0.25) is 5.91 Å². The fourth-order valence-corrected chi connectivity index (χ4v) is 3.93. The minimum Gasteiger partial charge on any atom is -0.352 e. The third-order valence-corrected chi connectivity index (χ3v) is 5.58. The maximum atomic E-state index is 12.6. The van der Waals surface area contributed by atoms with Crippen molar-refractivity contribution in [3.63, 3.8) is 0 Å². The summed E-state index contributed by atoms with van der Waals surface area (Å²) in [5.41, 5.74) is 3.07. The predicted octanol–water partition coefficient (Wildman–Crippen LogP) is 4.00. The number of aromatic nitrogens is 2. The largest absolute Gasteiger partial charge is 0.352 e. The van der Waals surface area contributed by atoms with Gasteiger partial charge in [0, 0.05) is 26.1 Å². The minimum absolute atomic E-state index is 0.0554. The number of unbranched alkanes of at least 4 members (excludes halogenated alkanes) is 2. The molecule has 7 heteroatoms. The lowest BCUT2D eigenvalue weighted by Gasteiger charge is -2.14. The molecule has 31 heavy (non-hydrogen) atoms. The van der Waals surface area contributed by atoms with Crippen molar-refractivity contribution < 1.29 is 4.79 Å². The van der Waals surface area contributed by atoms with Gasteiger partial charge in [-0.2, -0.15) is 0 Å². The molecule has 1 heterocycles. The van der Waals surface area contributed by atoms with Crippen LogP contribution in [0.3, 0.4) is 0 Å². The fraction of sp³-hybridized carbons (Fsp3) is 0.375. The Labute approximate surface area is 187 Å². The summed E-state index contributed by atoms with van der Waals surface area (Å²) in [6, 6.07) is 15.6. The van der Waals surface area contributed by atoms with Crippen molar-refractivity contribution >= 4 is 29.0 Å². The van der Waals surface area contributed by atoms with Gasteiger partial charge in [0.1, 0.15) is 0 Å². The van der Waals surface area contributed by atoms with Gasteiger partial charge < -0.3 is 15.2 Å². The first-order valence-corrected chi connectivity index (χ1v) is 11.1. The van der Waals surface area contributed by atoms with Gasteiger partial charge in [-0.25, -0.2) is 0 Å². The first-order chi connectivity index (χ1) is 15.0. The van der Waals surface area contributed by atoms with Crippen LogP contribution in [0.5, 0.6) is 0 Å². The van der Waals surface area contributed by atoms with Crippen molar-refractivity contribution in [1.29, 1.82) is 0 Å². The summed E-state index contributed by atoms with van der Waals surface area (Å²) >= 11 is 5.34. The summed E-state index contributed by atoms with van der Waals surface area (Å²) in [7, 11) is 4.07. The van der Waals surface area contributed by atoms with Gasteiger partial charge in [-0.3, -0.25) is 14.2 Å². The highest BCUT2D eigenvalue weighted by molar-refractivity contribution is 7.71. The molecule has 0 fully saturated rings. The molecular formula is C24H30N4O2S. The highest BCUT2D eigenvalue weighted by Gasteiger charge is 2.07. The van der Waals surface area contributed by atoms with E-state index in [1.807, 2.05) is 44.4 Å². The zero-order valence-electron chi connectivity index (χ0n) is 18.2. The standard InChI is InChI=1S/C24H30N4O2S/c1-27(2)17-19-11-6-5-10-18(19)16-25-22(29)14-4-3-9-15-28-23(30)20-12-7-8-13-21(20)26-24(28)31/h5-8,10-13H,3-4,9,14-17H2,1-2H3,(H,25,29)(H,26,31). The van der Waals surface area contributed by atoms with Crippen LogP contribution in [0.1, 0.15) is 36.8 Å². The second kappa shape index (κ2) is 11.0. The lowest BCUT2D eigenvalue weighted by atomic mass is 10.1. The van der Waals surface area contributed by atoms with Crippen molar-refractivity contribution in [2.75, 3.05) is 14.1 Å². The zero-order chi connectivity index (χ0) is 22.2. The number of amides is 1. The number of rotatable bonds is 10. The Kier molecular flexibility index (Phi) is 8.14. The summed E-state index contributed by atoms with van der Waals surface area (Å²) in [5, 5.41) is 3.67. The molecule has 0 aliphatic carbocycles. The summed E-state index contributed by atoms with van der Waals surface area (Å²) in [6.07, 6.45) is 2.92. The number of hydrogen-bond acceptors (Lipinski definition) is 4. The predicted molar refractivity (Wildman–Crippen MR) is 128 cm³/mol. The molecule has 0 saturated carbocycles. The molecule has 0 saturated heterocycles. The molecule has 2 N–H and O–H groups in total. The van der Waals surface area contributed by atoms with E-state index in [0.29, 0.717) is 29.7 Å². The van der Waals surface area contributed by atoms with Gasteiger partial charge in [0.05, 0.1) is 10.9 Å². The van der Waals surface area contributed by atoms with Crippen LogP contribution >= 0.6 is 12.2 Å². The molecule has 0 aliphatic heterocycles. The molecule has 3 aromatic rings. The molecular weight excluding hydrogens is 408 g/mol. The van der Waals surface area contributed by atoms with Crippen LogP contribution in [0.15, 0.2) is 53.3 Å². The summed E-state index contributed by atoms with van der Waals surface area (Å²) in [4.78, 5) is 30.1. The maximum Gasteiger partial charge on any atom is 0.262 e. The number of nitrogens with zero attached hydrogens (tertiary/aromatic N) is 2. The molecule has 0 spiro atoms. The molecule has 0 unspecified atom stereocenters. The Morgan fingerprint density at radius 1 is 1.03 bits per heavy atom. The number of hydrogen-bond donors (Lipinski definition) is 2. The minimum atomic E-state index is -0.0616. The SMILES string of the molecule is CN(C)Cc1ccccc1CNC(=O)CCCCCn1c(=S)[nH]c2ccccc2c1=O. The number of aromatic amines is 1. The molecule has 0 atom stereocenters. The smallest absolute Gasteiger partial charge is 0.262 e. The van der Waals surface area contributed by atoms with Crippen molar-refractivity contribution in [2.24, 2.45) is 0 Å². The number of fused-ring (bicyclic) bond motifs is 1. The monoisotopic (exact) mass is 438 g/mol. The van der Waals surface area contributed by atoms with Gasteiger partial charge in [-0.15, -0.1) is 0 Å². The van der Waals surface area contributed by atoms with Crippen LogP contribution in [0.2, 0.25) is 0 Å². The van der Waals surface area contributed by atoms with E-state index in [-0.39, 0.29) is 11.5 Å². The topological polar surface area (TPSA) is 70.1 Å². The average Bonchev–Trinajstić information content (AvgIpc) is 2.74. The highest BCUT2D eigenvalue weighted by Crippen LogP contribution is 2.11. The Morgan fingerprint density at radius 3 is 2.52 bits per heavy atom. The van der Waals surface area contributed by atoms with Gasteiger partial charge in [-0.1, -0.05) is 42.8 Å². The number of nitrogens with one attached hydrogen (secondary N) is 2. The van der Waals surface area contributed by atoms with Gasteiger partial charge in [0.25, 0.3) is 5.56 Å². The number of benzene rings is 2. The molecule has 0 aliphatic rings. The van der Waals surface area contributed by atoms with Crippen LogP contribution < -0.4 is 10.9 Å². The Morgan fingerprint density at radius 2 is 1.74 bits per heavy atom. The normalized spacial score (nSPS) is 11.2. The molecule has 0 radical (unpaired) electrons. The van der Waals surface area contributed by atoms with Gasteiger partial charge in [-0.05, 0) is 62.4 Å². The van der Waals surface area contributed by atoms with Crippen molar-refractivity contribution in [3.8, 4) is 0 Å². The van der Waals surface area contributed by atoms with E-state index >= 15 is 0 Å². The van der Waals surface area contributed by atoms with E-state index in [0.717, 1.165) is 36.9 Å². The summed E-state index contributed by atoms with van der Waals surface area (Å²) in [5.74, 6) is 0.0554.